The molecule has 2 heterocycles. The summed E-state index contributed by atoms with van der Waals surface area (Å²) in [6.07, 6.45) is 4.58. The number of nitrogens with zero attached hydrogens (tertiary/aromatic N) is 1. The molecular formula is C14H26ClN3O2. The Kier molecular flexibility index (Phi) is 6.27. The Hall–Kier alpha value is -0.810. The summed E-state index contributed by atoms with van der Waals surface area (Å²) in [6, 6.07) is 0.217. The summed E-state index contributed by atoms with van der Waals surface area (Å²) in [7, 11) is 0. The van der Waals surface area contributed by atoms with Gasteiger partial charge in [-0.15, -0.1) is 12.4 Å². The van der Waals surface area contributed by atoms with E-state index in [0.29, 0.717) is 0 Å². The van der Waals surface area contributed by atoms with Gasteiger partial charge in [-0.3, -0.25) is 9.59 Å². The van der Waals surface area contributed by atoms with Crippen LogP contribution < -0.4 is 10.6 Å². The molecule has 0 bridgehead atoms. The number of carbonyl (C=O) groups is 2. The molecular weight excluding hydrogens is 278 g/mol. The van der Waals surface area contributed by atoms with E-state index in [1.54, 1.807) is 6.92 Å². The van der Waals surface area contributed by atoms with Gasteiger partial charge in [0, 0.05) is 26.1 Å². The normalized spacial score (nSPS) is 27.0. The number of hydrogen-bond donors (Lipinski definition) is 2. The summed E-state index contributed by atoms with van der Waals surface area (Å²) in [5.41, 5.74) is -0.349. The van der Waals surface area contributed by atoms with E-state index in [9.17, 15) is 9.59 Å². The summed E-state index contributed by atoms with van der Waals surface area (Å²) >= 11 is 0. The Bertz CT molecular complexity index is 348. The molecule has 0 saturated carbocycles. The molecule has 2 amide bonds. The largest absolute Gasteiger partial charge is 0.352 e. The van der Waals surface area contributed by atoms with E-state index in [2.05, 4.69) is 17.6 Å². The number of halogens is 1. The molecule has 2 aliphatic rings. The molecule has 2 fully saturated rings. The number of nitrogens with one attached hydrogen (secondary N) is 2. The first-order valence-corrected chi connectivity index (χ1v) is 7.39. The molecule has 0 aliphatic carbocycles. The number of piperidine rings is 1. The summed E-state index contributed by atoms with van der Waals surface area (Å²) in [4.78, 5) is 25.5. The van der Waals surface area contributed by atoms with Gasteiger partial charge in [0.15, 0.2) is 0 Å². The minimum atomic E-state index is -0.349. The van der Waals surface area contributed by atoms with Gasteiger partial charge in [-0.2, -0.15) is 0 Å². The zero-order valence-electron chi connectivity index (χ0n) is 12.4. The quantitative estimate of drug-likeness (QED) is 0.820. The first kappa shape index (κ1) is 17.2. The molecule has 2 saturated heterocycles. The van der Waals surface area contributed by atoms with Gasteiger partial charge in [-0.25, -0.2) is 0 Å². The fourth-order valence-electron chi connectivity index (χ4n) is 3.12. The van der Waals surface area contributed by atoms with Crippen LogP contribution in [0.4, 0.5) is 0 Å². The summed E-state index contributed by atoms with van der Waals surface area (Å²) in [5.74, 6) is 0.279. The van der Waals surface area contributed by atoms with Gasteiger partial charge >= 0.3 is 0 Å². The third kappa shape index (κ3) is 3.64. The molecule has 0 aromatic carbocycles. The first-order valence-electron chi connectivity index (χ1n) is 7.39. The molecule has 5 nitrogen and oxygen atoms in total. The number of amides is 2. The SMILES string of the molecule is CCC1(C(=O)NC2CCN(C(C)=O)CC2)CCCN1.Cl. The Morgan fingerprint density at radius 1 is 1.35 bits per heavy atom. The van der Waals surface area contributed by atoms with Crippen molar-refractivity contribution in [2.45, 2.75) is 57.5 Å². The molecule has 20 heavy (non-hydrogen) atoms. The van der Waals surface area contributed by atoms with E-state index in [1.807, 2.05) is 4.90 Å². The highest BCUT2D eigenvalue weighted by molar-refractivity contribution is 5.87. The molecule has 6 heteroatoms. The lowest BCUT2D eigenvalue weighted by molar-refractivity contribution is -0.130. The zero-order chi connectivity index (χ0) is 13.9. The molecule has 1 unspecified atom stereocenters. The van der Waals surface area contributed by atoms with Crippen molar-refractivity contribution in [1.29, 1.82) is 0 Å². The average molecular weight is 304 g/mol. The molecule has 116 valence electrons. The van der Waals surface area contributed by atoms with E-state index in [-0.39, 0.29) is 35.8 Å². The van der Waals surface area contributed by atoms with Gasteiger partial charge in [0.1, 0.15) is 0 Å². The van der Waals surface area contributed by atoms with Crippen LogP contribution in [0.1, 0.15) is 46.0 Å². The lowest BCUT2D eigenvalue weighted by Crippen LogP contribution is -2.57. The summed E-state index contributed by atoms with van der Waals surface area (Å²) in [5, 5.41) is 6.53. The standard InChI is InChI=1S/C14H25N3O2.ClH/c1-3-14(7-4-8-15-14)13(19)16-12-5-9-17(10-6-12)11(2)18;/h12,15H,3-10H2,1-2H3,(H,16,19);1H. The van der Waals surface area contributed by atoms with Gasteiger partial charge in [0.05, 0.1) is 5.54 Å². The van der Waals surface area contributed by atoms with Gasteiger partial charge in [0.25, 0.3) is 0 Å². The second kappa shape index (κ2) is 7.27. The highest BCUT2D eigenvalue weighted by atomic mass is 35.5. The maximum Gasteiger partial charge on any atom is 0.240 e. The molecule has 2 aliphatic heterocycles. The Balaban J connectivity index is 0.00000200. The fraction of sp³-hybridized carbons (Fsp3) is 0.857. The first-order chi connectivity index (χ1) is 9.07. The molecule has 0 spiro atoms. The highest BCUT2D eigenvalue weighted by Crippen LogP contribution is 2.24. The third-order valence-corrected chi connectivity index (χ3v) is 4.56. The van der Waals surface area contributed by atoms with Gasteiger partial charge in [-0.05, 0) is 38.6 Å². The Morgan fingerprint density at radius 3 is 2.45 bits per heavy atom. The summed E-state index contributed by atoms with van der Waals surface area (Å²) in [6.45, 7) is 6.12. The number of hydrogen-bond acceptors (Lipinski definition) is 3. The molecule has 1 atom stereocenters. The van der Waals surface area contributed by atoms with Crippen LogP contribution in [0.2, 0.25) is 0 Å². The van der Waals surface area contributed by atoms with Crippen LogP contribution >= 0.6 is 12.4 Å². The van der Waals surface area contributed by atoms with Crippen LogP contribution in [0.3, 0.4) is 0 Å². The minimum Gasteiger partial charge on any atom is -0.352 e. The van der Waals surface area contributed by atoms with Gasteiger partial charge in [0.2, 0.25) is 11.8 Å². The van der Waals surface area contributed by atoms with E-state index in [1.165, 1.54) is 0 Å². The van der Waals surface area contributed by atoms with Gasteiger partial charge < -0.3 is 15.5 Å². The lowest BCUT2D eigenvalue weighted by atomic mass is 9.92. The van der Waals surface area contributed by atoms with E-state index >= 15 is 0 Å². The van der Waals surface area contributed by atoms with Gasteiger partial charge in [-0.1, -0.05) is 6.92 Å². The van der Waals surface area contributed by atoms with Crippen molar-refractivity contribution >= 4 is 24.2 Å². The molecule has 0 aromatic heterocycles. The average Bonchev–Trinajstić information content (AvgIpc) is 2.89. The van der Waals surface area contributed by atoms with E-state index in [0.717, 1.165) is 51.7 Å². The van der Waals surface area contributed by atoms with E-state index in [4.69, 9.17) is 0 Å². The van der Waals surface area contributed by atoms with Crippen LogP contribution in [0.25, 0.3) is 0 Å². The highest BCUT2D eigenvalue weighted by Gasteiger charge is 2.40. The van der Waals surface area contributed by atoms with Crippen LogP contribution in [-0.2, 0) is 9.59 Å². The van der Waals surface area contributed by atoms with Crippen molar-refractivity contribution in [2.75, 3.05) is 19.6 Å². The Morgan fingerprint density at radius 2 is 2.00 bits per heavy atom. The number of carbonyl (C=O) groups excluding carboxylic acids is 2. The van der Waals surface area contributed by atoms with Crippen LogP contribution in [-0.4, -0.2) is 47.9 Å². The smallest absolute Gasteiger partial charge is 0.240 e. The Labute approximate surface area is 127 Å². The van der Waals surface area contributed by atoms with Crippen molar-refractivity contribution < 1.29 is 9.59 Å². The summed E-state index contributed by atoms with van der Waals surface area (Å²) < 4.78 is 0. The predicted octanol–water partition coefficient (Wildman–Crippen LogP) is 1.07. The fourth-order valence-corrected chi connectivity index (χ4v) is 3.12. The molecule has 2 N–H and O–H groups in total. The molecule has 0 aromatic rings. The number of rotatable bonds is 3. The van der Waals surface area contributed by atoms with Crippen molar-refractivity contribution in [2.24, 2.45) is 0 Å². The maximum atomic E-state index is 12.4. The predicted molar refractivity (Wildman–Crippen MR) is 80.9 cm³/mol. The topological polar surface area (TPSA) is 61.4 Å². The molecule has 0 radical (unpaired) electrons. The van der Waals surface area contributed by atoms with E-state index < -0.39 is 0 Å². The maximum absolute atomic E-state index is 12.4. The second-order valence-electron chi connectivity index (χ2n) is 5.72. The minimum absolute atomic E-state index is 0. The van der Waals surface area contributed by atoms with Crippen LogP contribution in [0.15, 0.2) is 0 Å². The van der Waals surface area contributed by atoms with Crippen LogP contribution in [0.5, 0.6) is 0 Å². The number of likely N-dealkylation sites (tertiary alicyclic amines) is 1. The molecule has 2 rings (SSSR count). The van der Waals surface area contributed by atoms with Crippen molar-refractivity contribution in [3.63, 3.8) is 0 Å². The monoisotopic (exact) mass is 303 g/mol. The zero-order valence-corrected chi connectivity index (χ0v) is 13.2. The van der Waals surface area contributed by atoms with Crippen molar-refractivity contribution in [3.05, 3.63) is 0 Å². The van der Waals surface area contributed by atoms with Crippen molar-refractivity contribution in [1.82, 2.24) is 15.5 Å². The van der Waals surface area contributed by atoms with Crippen LogP contribution in [0, 0.1) is 0 Å². The lowest BCUT2D eigenvalue weighted by Gasteiger charge is -2.34. The third-order valence-electron chi connectivity index (χ3n) is 4.56. The second-order valence-corrected chi connectivity index (χ2v) is 5.72. The van der Waals surface area contributed by atoms with Crippen molar-refractivity contribution in [3.8, 4) is 0 Å².